The monoisotopic (exact) mass is 348 g/mol. The van der Waals surface area contributed by atoms with E-state index in [1.54, 1.807) is 4.90 Å². The van der Waals surface area contributed by atoms with Crippen molar-refractivity contribution in [3.05, 3.63) is 29.6 Å². The molecule has 0 saturated carbocycles. The molecule has 24 heavy (non-hydrogen) atoms. The molecule has 1 heterocycles. The minimum Gasteiger partial charge on any atom is -0.415 e. The molecule has 1 aromatic carbocycles. The first kappa shape index (κ1) is 18.6. The lowest BCUT2D eigenvalue weighted by Gasteiger charge is -2.38. The third-order valence-corrected chi connectivity index (χ3v) is 9.61. The van der Waals surface area contributed by atoms with Gasteiger partial charge in [0, 0.05) is 6.42 Å². The van der Waals surface area contributed by atoms with Crippen LogP contribution in [0.1, 0.15) is 39.2 Å². The summed E-state index contributed by atoms with van der Waals surface area (Å²) in [6, 6.07) is 5.82. The van der Waals surface area contributed by atoms with Crippen LogP contribution in [0.15, 0.2) is 18.2 Å². The van der Waals surface area contributed by atoms with Crippen molar-refractivity contribution < 1.29 is 13.6 Å². The molecule has 1 aliphatic heterocycles. The Morgan fingerprint density at radius 1 is 1.42 bits per heavy atom. The molecule has 1 atom stereocenters. The van der Waals surface area contributed by atoms with Crippen molar-refractivity contribution in [2.45, 2.75) is 57.8 Å². The lowest BCUT2D eigenvalue weighted by molar-refractivity contribution is -0.117. The summed E-state index contributed by atoms with van der Waals surface area (Å²) in [5.41, 5.74) is 0.660. The number of anilines is 1. The van der Waals surface area contributed by atoms with E-state index in [1.165, 1.54) is 18.2 Å². The van der Waals surface area contributed by atoms with Crippen molar-refractivity contribution in [2.24, 2.45) is 0 Å². The Balaban J connectivity index is 2.25. The minimum absolute atomic E-state index is 0.0805. The Morgan fingerprint density at radius 3 is 2.67 bits per heavy atom. The van der Waals surface area contributed by atoms with Gasteiger partial charge >= 0.3 is 0 Å². The van der Waals surface area contributed by atoms with Gasteiger partial charge in [-0.3, -0.25) is 4.79 Å². The maximum Gasteiger partial charge on any atom is 0.227 e. The van der Waals surface area contributed by atoms with Gasteiger partial charge in [0.05, 0.1) is 23.9 Å². The highest BCUT2D eigenvalue weighted by Gasteiger charge is 2.40. The average molecular weight is 348 g/mol. The second-order valence-corrected chi connectivity index (χ2v) is 12.6. The van der Waals surface area contributed by atoms with Crippen molar-refractivity contribution in [3.63, 3.8) is 0 Å². The van der Waals surface area contributed by atoms with Gasteiger partial charge in [-0.25, -0.2) is 4.39 Å². The Kier molecular flexibility index (Phi) is 5.16. The third kappa shape index (κ3) is 3.68. The highest BCUT2D eigenvalue weighted by Crippen LogP contribution is 2.38. The zero-order valence-electron chi connectivity index (χ0n) is 15.0. The molecule has 4 nitrogen and oxygen atoms in total. The van der Waals surface area contributed by atoms with Crippen LogP contribution >= 0.6 is 0 Å². The van der Waals surface area contributed by atoms with E-state index in [9.17, 15) is 14.4 Å². The molecule has 0 aromatic heterocycles. The summed E-state index contributed by atoms with van der Waals surface area (Å²) >= 11 is 0. The standard InChI is InChI=1S/C18H25FN2O2Si/c1-18(2,3)24(4,5)23-12-15-8-9-17(22)21(15)16-10-14(19)7-6-13(16)11-20/h6-7,10,15H,8-9,12H2,1-5H3. The summed E-state index contributed by atoms with van der Waals surface area (Å²) in [6.45, 7) is 11.2. The van der Waals surface area contributed by atoms with Crippen LogP contribution < -0.4 is 4.90 Å². The van der Waals surface area contributed by atoms with Gasteiger partial charge in [-0.2, -0.15) is 5.26 Å². The molecular weight excluding hydrogens is 323 g/mol. The summed E-state index contributed by atoms with van der Waals surface area (Å²) in [7, 11) is -1.93. The van der Waals surface area contributed by atoms with Crippen molar-refractivity contribution in [3.8, 4) is 6.07 Å². The second-order valence-electron chi connectivity index (χ2n) is 7.80. The van der Waals surface area contributed by atoms with Gasteiger partial charge in [-0.05, 0) is 42.8 Å². The normalized spacial score (nSPS) is 18.8. The second kappa shape index (κ2) is 6.65. The van der Waals surface area contributed by atoms with Crippen LogP contribution in [-0.4, -0.2) is 26.9 Å². The quantitative estimate of drug-likeness (QED) is 0.766. The first-order valence-corrected chi connectivity index (χ1v) is 11.1. The molecule has 0 N–H and O–H groups in total. The molecule has 0 bridgehead atoms. The molecular formula is C18H25FN2O2Si. The van der Waals surface area contributed by atoms with Crippen molar-refractivity contribution in [2.75, 3.05) is 11.5 Å². The van der Waals surface area contributed by atoms with E-state index in [1.807, 2.05) is 6.07 Å². The predicted octanol–water partition coefficient (Wildman–Crippen LogP) is 4.21. The molecule has 2 rings (SSSR count). The van der Waals surface area contributed by atoms with Crippen LogP contribution in [0, 0.1) is 17.1 Å². The number of hydrogen-bond acceptors (Lipinski definition) is 3. The molecule has 6 heteroatoms. The lowest BCUT2D eigenvalue weighted by atomic mass is 10.1. The van der Waals surface area contributed by atoms with Crippen LogP contribution in [0.4, 0.5) is 10.1 Å². The number of nitriles is 1. The highest BCUT2D eigenvalue weighted by atomic mass is 28.4. The van der Waals surface area contributed by atoms with E-state index < -0.39 is 14.1 Å². The summed E-state index contributed by atoms with van der Waals surface area (Å²) < 4.78 is 19.9. The first-order valence-electron chi connectivity index (χ1n) is 8.22. The van der Waals surface area contributed by atoms with E-state index in [0.29, 0.717) is 30.7 Å². The van der Waals surface area contributed by atoms with E-state index >= 15 is 0 Å². The number of hydrogen-bond donors (Lipinski definition) is 0. The maximum atomic E-state index is 13.7. The fourth-order valence-electron chi connectivity index (χ4n) is 2.55. The fourth-order valence-corrected chi connectivity index (χ4v) is 3.59. The molecule has 0 aliphatic carbocycles. The van der Waals surface area contributed by atoms with Crippen molar-refractivity contribution >= 4 is 19.9 Å². The molecule has 1 aliphatic rings. The van der Waals surface area contributed by atoms with E-state index in [4.69, 9.17) is 4.43 Å². The fraction of sp³-hybridized carbons (Fsp3) is 0.556. The molecule has 1 saturated heterocycles. The summed E-state index contributed by atoms with van der Waals surface area (Å²) in [5.74, 6) is -0.534. The number of amides is 1. The van der Waals surface area contributed by atoms with Crippen LogP contribution in [0.2, 0.25) is 18.1 Å². The SMILES string of the molecule is CC(C)(C)[Si](C)(C)OCC1CCC(=O)N1c1cc(F)ccc1C#N. The number of rotatable bonds is 4. The Morgan fingerprint density at radius 2 is 2.08 bits per heavy atom. The zero-order chi connectivity index (χ0) is 18.1. The summed E-state index contributed by atoms with van der Waals surface area (Å²) in [5, 5.41) is 9.35. The summed E-state index contributed by atoms with van der Waals surface area (Å²) in [6.07, 6.45) is 1.06. The van der Waals surface area contributed by atoms with E-state index in [0.717, 1.165) is 0 Å². The topological polar surface area (TPSA) is 53.3 Å². The minimum atomic E-state index is -1.93. The van der Waals surface area contributed by atoms with Crippen LogP contribution in [0.5, 0.6) is 0 Å². The number of benzene rings is 1. The first-order chi connectivity index (χ1) is 11.1. The molecule has 1 amide bonds. The number of nitrogens with zero attached hydrogens (tertiary/aromatic N) is 2. The van der Waals surface area contributed by atoms with E-state index in [2.05, 4.69) is 33.9 Å². The molecule has 130 valence electrons. The molecule has 1 unspecified atom stereocenters. The van der Waals surface area contributed by atoms with Crippen LogP contribution in [0.25, 0.3) is 0 Å². The molecule has 0 radical (unpaired) electrons. The molecule has 1 fully saturated rings. The number of carbonyl (C=O) groups excluding carboxylic acids is 1. The summed E-state index contributed by atoms with van der Waals surface area (Å²) in [4.78, 5) is 13.9. The lowest BCUT2D eigenvalue weighted by Crippen LogP contribution is -2.45. The van der Waals surface area contributed by atoms with Crippen molar-refractivity contribution in [1.29, 1.82) is 5.26 Å². The van der Waals surface area contributed by atoms with Crippen LogP contribution in [-0.2, 0) is 9.22 Å². The van der Waals surface area contributed by atoms with Gasteiger partial charge in [0.15, 0.2) is 8.32 Å². The number of carbonyl (C=O) groups is 1. The Bertz CT molecular complexity index is 677. The van der Waals surface area contributed by atoms with Crippen LogP contribution in [0.3, 0.4) is 0 Å². The van der Waals surface area contributed by atoms with E-state index in [-0.39, 0.29) is 17.0 Å². The smallest absolute Gasteiger partial charge is 0.227 e. The third-order valence-electron chi connectivity index (χ3n) is 5.11. The Labute approximate surface area is 144 Å². The van der Waals surface area contributed by atoms with Gasteiger partial charge in [-0.1, -0.05) is 20.8 Å². The van der Waals surface area contributed by atoms with Gasteiger partial charge in [0.1, 0.15) is 11.9 Å². The van der Waals surface area contributed by atoms with Gasteiger partial charge in [0.25, 0.3) is 0 Å². The van der Waals surface area contributed by atoms with Crippen molar-refractivity contribution in [1.82, 2.24) is 0 Å². The number of halogens is 1. The average Bonchev–Trinajstić information content (AvgIpc) is 2.85. The van der Waals surface area contributed by atoms with Gasteiger partial charge < -0.3 is 9.33 Å². The largest absolute Gasteiger partial charge is 0.415 e. The van der Waals surface area contributed by atoms with Gasteiger partial charge in [-0.15, -0.1) is 0 Å². The zero-order valence-corrected chi connectivity index (χ0v) is 16.0. The Hall–Kier alpha value is -1.71. The predicted molar refractivity (Wildman–Crippen MR) is 94.8 cm³/mol. The molecule has 0 spiro atoms. The highest BCUT2D eigenvalue weighted by molar-refractivity contribution is 6.74. The van der Waals surface area contributed by atoms with Gasteiger partial charge in [0.2, 0.25) is 5.91 Å². The molecule has 1 aromatic rings. The maximum absolute atomic E-state index is 13.7.